The Morgan fingerprint density at radius 2 is 1.40 bits per heavy atom. The number of para-hydroxylation sites is 1. The first-order valence-electron chi connectivity index (χ1n) is 25.8. The van der Waals surface area contributed by atoms with E-state index in [0.29, 0.717) is 12.2 Å². The molecule has 0 radical (unpaired) electrons. The van der Waals surface area contributed by atoms with Crippen molar-refractivity contribution in [2.45, 2.75) is 161 Å². The van der Waals surface area contributed by atoms with Gasteiger partial charge in [0.25, 0.3) is 0 Å². The number of ether oxygens (including phenoxy) is 1. The lowest BCUT2D eigenvalue weighted by molar-refractivity contribution is -0.385. The molecule has 6 N–H and O–H groups in total. The molecular formula is C54H75N9O12. The van der Waals surface area contributed by atoms with Gasteiger partial charge in [0.2, 0.25) is 41.4 Å². The van der Waals surface area contributed by atoms with Crippen LogP contribution in [0.15, 0.2) is 60.8 Å². The number of nitrogens with zero attached hydrogens (tertiary/aromatic N) is 5. The maximum atomic E-state index is 15.4. The average molecular weight is 1040 g/mol. The summed E-state index contributed by atoms with van der Waals surface area (Å²) in [6, 6.07) is 1.75. The number of benzene rings is 2. The molecule has 3 aliphatic heterocycles. The minimum atomic E-state index is -1.53. The van der Waals surface area contributed by atoms with Crippen molar-refractivity contribution >= 4 is 57.9 Å². The van der Waals surface area contributed by atoms with Gasteiger partial charge >= 0.3 is 5.69 Å². The van der Waals surface area contributed by atoms with Crippen LogP contribution in [0.5, 0.6) is 5.75 Å². The van der Waals surface area contributed by atoms with Crippen LogP contribution in [-0.2, 0) is 56.7 Å². The van der Waals surface area contributed by atoms with Gasteiger partial charge in [-0.05, 0) is 88.5 Å². The van der Waals surface area contributed by atoms with Crippen LogP contribution >= 0.6 is 0 Å². The number of aromatic hydroxyl groups is 1. The van der Waals surface area contributed by atoms with E-state index in [0.717, 1.165) is 32.8 Å². The number of carbonyl (C=O) groups is 7. The van der Waals surface area contributed by atoms with Crippen LogP contribution in [0.3, 0.4) is 0 Å². The maximum Gasteiger partial charge on any atom is 0.310 e. The second-order valence-electron chi connectivity index (χ2n) is 21.8. The summed E-state index contributed by atoms with van der Waals surface area (Å²) in [6.07, 6.45) is 3.36. The lowest BCUT2D eigenvalue weighted by Crippen LogP contribution is -2.66. The molecule has 2 aromatic carbocycles. The summed E-state index contributed by atoms with van der Waals surface area (Å²) in [5, 5.41) is 45.9. The van der Waals surface area contributed by atoms with E-state index in [1.165, 1.54) is 32.0 Å². The normalized spacial score (nSPS) is 27.1. The number of carbonyl (C=O) groups excluding carboxylic acids is 7. The average Bonchev–Trinajstić information content (AvgIpc) is 4.16. The fourth-order valence-electron chi connectivity index (χ4n) is 10.2. The number of rotatable bonds is 13. The van der Waals surface area contributed by atoms with E-state index in [-0.39, 0.29) is 62.0 Å². The van der Waals surface area contributed by atoms with Gasteiger partial charge in [-0.3, -0.25) is 43.7 Å². The number of aliphatic hydroxyl groups is 1. The van der Waals surface area contributed by atoms with Crippen molar-refractivity contribution in [1.82, 2.24) is 40.5 Å². The van der Waals surface area contributed by atoms with E-state index in [2.05, 4.69) is 25.8 Å². The standard InChI is InChI=1S/C54H75N9O12/c1-12-13-17-36-46(65)58-38(26-34-27-61(54(8,9)45-28-75-45)39-18-15-14-16-35(34)39)52(71)59(10)41(21-29(2)3)48(67)57-37(24-33-19-20-44(64)40(25-33)63(73)74)47(66)55-32(7)51(70)60(11)43-23-31(6)50(69)62(53(43)72)42(22-30(4)5)49(68)56-36/h12-16,18-20,25,27,29-32,36-38,41-43,45,50,64,69H,17,21-24,26,28H2,1-11H3,(H,55,66)(H,56,68)(H,57,67)(H,58,65)/b13-12+/t31-,32-,36-,37-,38-,41-,42-,43-,45?,50?/m0/s1. The summed E-state index contributed by atoms with van der Waals surface area (Å²) in [4.78, 5) is 118. The highest BCUT2D eigenvalue weighted by molar-refractivity contribution is 5.99. The summed E-state index contributed by atoms with van der Waals surface area (Å²) >= 11 is 0. The van der Waals surface area contributed by atoms with E-state index in [1.807, 2.05) is 72.0 Å². The molecule has 0 aliphatic carbocycles. The summed E-state index contributed by atoms with van der Waals surface area (Å²) in [7, 11) is 2.79. The van der Waals surface area contributed by atoms with Gasteiger partial charge in [0.15, 0.2) is 5.75 Å². The highest BCUT2D eigenvalue weighted by Gasteiger charge is 2.48. The Morgan fingerprint density at radius 3 is 2.03 bits per heavy atom. The summed E-state index contributed by atoms with van der Waals surface area (Å²) in [5.74, 6) is -7.06. The third-order valence-electron chi connectivity index (χ3n) is 14.7. The van der Waals surface area contributed by atoms with Crippen LogP contribution < -0.4 is 21.3 Å². The molecule has 3 aromatic rings. The number of nitro benzene ring substituents is 1. The molecule has 21 nitrogen and oxygen atoms in total. The number of allylic oxidation sites excluding steroid dienone is 1. The first kappa shape index (κ1) is 57.4. The number of phenolic OH excluding ortho intramolecular Hbond substituents is 1. The Bertz CT molecular complexity index is 2680. The molecule has 1 aromatic heterocycles. The topological polar surface area (TPSA) is 278 Å². The Balaban J connectivity index is 1.51. The number of fused-ring (bicyclic) bond motifs is 3. The molecule has 408 valence electrons. The molecule has 21 heteroatoms. The molecule has 75 heavy (non-hydrogen) atoms. The fourth-order valence-corrected chi connectivity index (χ4v) is 10.2. The van der Waals surface area contributed by atoms with Gasteiger partial charge in [-0.15, -0.1) is 0 Å². The highest BCUT2D eigenvalue weighted by Crippen LogP contribution is 2.37. The van der Waals surface area contributed by atoms with Crippen molar-refractivity contribution in [3.63, 3.8) is 0 Å². The Labute approximate surface area is 437 Å². The molecule has 4 heterocycles. The number of hydrogen-bond acceptors (Lipinski definition) is 12. The van der Waals surface area contributed by atoms with Crippen molar-refractivity contribution in [3.8, 4) is 5.75 Å². The largest absolute Gasteiger partial charge is 0.502 e. The molecule has 3 saturated heterocycles. The van der Waals surface area contributed by atoms with Crippen molar-refractivity contribution in [2.75, 3.05) is 20.7 Å². The summed E-state index contributed by atoms with van der Waals surface area (Å²) in [5.41, 5.74) is 0.535. The predicted octanol–water partition coefficient (Wildman–Crippen LogP) is 3.41. The zero-order valence-electron chi connectivity index (χ0n) is 44.9. The molecule has 2 bridgehead atoms. The highest BCUT2D eigenvalue weighted by atomic mass is 16.6. The monoisotopic (exact) mass is 1040 g/mol. The number of epoxide rings is 1. The number of likely N-dealkylation sites (N-methyl/N-ethyl adjacent to an activating group) is 2. The lowest BCUT2D eigenvalue weighted by atomic mass is 9.89. The Kier molecular flexibility index (Phi) is 18.2. The number of phenols is 1. The quantitative estimate of drug-likeness (QED) is 0.0622. The SMILES string of the molecule is C/C=C/C[C@@H]1NC(=O)[C@H](CC(C)C)N2C(=O)[C@H](C[C@H](C)C2O)N(C)C(=O)[C@H](C)NC(=O)[C@H](Cc2ccc(O)c([N+](=O)[O-])c2)NC(=O)[C@H](CC(C)C)N(C)C(=O)[C@H](Cc2cn(C(C)(C)C3CO3)c3ccccc23)NC1=O. The molecule has 0 saturated carbocycles. The molecule has 0 spiro atoms. The number of amides is 7. The van der Waals surface area contributed by atoms with Crippen LogP contribution in [0.25, 0.3) is 10.9 Å². The summed E-state index contributed by atoms with van der Waals surface area (Å²) < 4.78 is 7.84. The van der Waals surface area contributed by atoms with E-state index in [9.17, 15) is 49.1 Å². The number of piperidine rings is 1. The van der Waals surface area contributed by atoms with Gasteiger partial charge in [0.05, 0.1) is 17.1 Å². The lowest BCUT2D eigenvalue weighted by Gasteiger charge is -2.46. The molecule has 2 unspecified atom stereocenters. The zero-order valence-corrected chi connectivity index (χ0v) is 44.9. The molecule has 3 fully saturated rings. The number of nitrogens with one attached hydrogen (secondary N) is 4. The van der Waals surface area contributed by atoms with Crippen LogP contribution in [0.1, 0.15) is 99.1 Å². The summed E-state index contributed by atoms with van der Waals surface area (Å²) in [6.45, 7) is 16.8. The minimum Gasteiger partial charge on any atom is -0.502 e. The second-order valence-corrected chi connectivity index (χ2v) is 21.8. The molecule has 10 atom stereocenters. The third kappa shape index (κ3) is 13.0. The van der Waals surface area contributed by atoms with Crippen molar-refractivity contribution < 1.29 is 53.4 Å². The third-order valence-corrected chi connectivity index (χ3v) is 14.7. The van der Waals surface area contributed by atoms with E-state index in [1.54, 1.807) is 26.0 Å². The van der Waals surface area contributed by atoms with Gasteiger partial charge in [-0.25, -0.2) is 0 Å². The van der Waals surface area contributed by atoms with Gasteiger partial charge in [0, 0.05) is 56.0 Å². The predicted molar refractivity (Wildman–Crippen MR) is 278 cm³/mol. The van der Waals surface area contributed by atoms with Gasteiger partial charge in [0.1, 0.15) is 54.6 Å². The first-order valence-corrected chi connectivity index (χ1v) is 25.8. The van der Waals surface area contributed by atoms with Crippen molar-refractivity contribution in [2.24, 2.45) is 17.8 Å². The number of aliphatic hydroxyl groups excluding tert-OH is 1. The number of aromatic nitrogens is 1. The van der Waals surface area contributed by atoms with Crippen LogP contribution in [-0.4, -0.2) is 151 Å². The minimum absolute atomic E-state index is 0.00916. The fraction of sp³-hybridized carbons (Fsp3) is 0.574. The Morgan fingerprint density at radius 1 is 0.800 bits per heavy atom. The van der Waals surface area contributed by atoms with Crippen molar-refractivity contribution in [1.29, 1.82) is 0 Å². The van der Waals surface area contributed by atoms with Crippen LogP contribution in [0.4, 0.5) is 5.69 Å². The van der Waals surface area contributed by atoms with Gasteiger partial charge in [-0.1, -0.05) is 71.0 Å². The van der Waals surface area contributed by atoms with Crippen molar-refractivity contribution in [3.05, 3.63) is 82.1 Å². The van der Waals surface area contributed by atoms with Gasteiger partial charge < -0.3 is 55.5 Å². The number of hydrogen-bond donors (Lipinski definition) is 6. The van der Waals surface area contributed by atoms with Crippen LogP contribution in [0.2, 0.25) is 0 Å². The Hall–Kier alpha value is -6.87. The van der Waals surface area contributed by atoms with Gasteiger partial charge in [-0.2, -0.15) is 0 Å². The number of nitro groups is 1. The zero-order chi connectivity index (χ0) is 55.4. The second kappa shape index (κ2) is 23.8. The smallest absolute Gasteiger partial charge is 0.310 e. The molecule has 6 rings (SSSR count). The molecular weight excluding hydrogens is 967 g/mol. The molecule has 3 aliphatic rings. The van der Waals surface area contributed by atoms with E-state index >= 15 is 4.79 Å². The molecule has 7 amide bonds. The first-order chi connectivity index (χ1) is 35.3. The van der Waals surface area contributed by atoms with Crippen LogP contribution in [0, 0.1) is 27.9 Å². The van der Waals surface area contributed by atoms with E-state index < -0.39 is 118 Å². The maximum absolute atomic E-state index is 15.4. The van der Waals surface area contributed by atoms with E-state index in [4.69, 9.17) is 4.74 Å².